The van der Waals surface area contributed by atoms with Crippen molar-refractivity contribution in [3.05, 3.63) is 47.7 Å². The van der Waals surface area contributed by atoms with Crippen LogP contribution in [0.2, 0.25) is 0 Å². The molecule has 1 aromatic carbocycles. The molecular weight excluding hydrogens is 278 g/mol. The van der Waals surface area contributed by atoms with Crippen LogP contribution in [0.1, 0.15) is 11.1 Å². The van der Waals surface area contributed by atoms with Gasteiger partial charge >= 0.3 is 0 Å². The van der Waals surface area contributed by atoms with E-state index in [9.17, 15) is 8.42 Å². The Bertz CT molecular complexity index is 777. The molecule has 0 bridgehead atoms. The first-order valence-corrected chi connectivity index (χ1v) is 7.12. The minimum absolute atomic E-state index is 0.0904. The summed E-state index contributed by atoms with van der Waals surface area (Å²) >= 11 is 0. The van der Waals surface area contributed by atoms with Crippen molar-refractivity contribution in [2.45, 2.75) is 11.8 Å². The van der Waals surface area contributed by atoms with Crippen molar-refractivity contribution < 1.29 is 13.2 Å². The van der Waals surface area contributed by atoms with Crippen LogP contribution in [0, 0.1) is 18.3 Å². The Hall–Kier alpha value is -2.43. The highest BCUT2D eigenvalue weighted by molar-refractivity contribution is 7.89. The fraction of sp³-hybridized carbons (Fsp3) is 0.0769. The maximum atomic E-state index is 11.1. The van der Waals surface area contributed by atoms with Gasteiger partial charge in [-0.3, -0.25) is 0 Å². The van der Waals surface area contributed by atoms with Crippen LogP contribution < -0.4 is 9.88 Å². The number of ether oxygens (including phenoxy) is 1. The van der Waals surface area contributed by atoms with Crippen molar-refractivity contribution in [3.8, 4) is 17.7 Å². The second kappa shape index (κ2) is 5.28. The van der Waals surface area contributed by atoms with E-state index in [0.717, 1.165) is 11.8 Å². The molecule has 2 N–H and O–H groups in total. The molecule has 0 amide bonds. The van der Waals surface area contributed by atoms with Gasteiger partial charge in [-0.15, -0.1) is 0 Å². The largest absolute Gasteiger partial charge is 0.439 e. The summed E-state index contributed by atoms with van der Waals surface area (Å²) < 4.78 is 27.7. The maximum absolute atomic E-state index is 11.1. The van der Waals surface area contributed by atoms with E-state index >= 15 is 0 Å². The van der Waals surface area contributed by atoms with Gasteiger partial charge in [0.05, 0.1) is 17.8 Å². The average Bonchev–Trinajstić information content (AvgIpc) is 2.41. The van der Waals surface area contributed by atoms with Gasteiger partial charge in [-0.1, -0.05) is 6.07 Å². The highest BCUT2D eigenvalue weighted by Crippen LogP contribution is 2.25. The Balaban J connectivity index is 2.29. The number of pyridine rings is 1. The van der Waals surface area contributed by atoms with E-state index in [2.05, 4.69) is 4.98 Å². The Morgan fingerprint density at radius 2 is 2.05 bits per heavy atom. The number of primary sulfonamides is 1. The molecule has 1 aromatic heterocycles. The summed E-state index contributed by atoms with van der Waals surface area (Å²) in [4.78, 5) is 3.78. The molecule has 0 spiro atoms. The summed E-state index contributed by atoms with van der Waals surface area (Å²) in [6.45, 7) is 1.83. The van der Waals surface area contributed by atoms with E-state index in [1.165, 1.54) is 12.1 Å². The average molecular weight is 289 g/mol. The first-order chi connectivity index (χ1) is 9.40. The van der Waals surface area contributed by atoms with Crippen molar-refractivity contribution in [3.63, 3.8) is 0 Å². The topological polar surface area (TPSA) is 106 Å². The van der Waals surface area contributed by atoms with Crippen molar-refractivity contribution >= 4 is 10.0 Å². The molecule has 0 saturated carbocycles. The fourth-order valence-electron chi connectivity index (χ4n) is 1.49. The third-order valence-electron chi connectivity index (χ3n) is 2.57. The number of aromatic nitrogens is 1. The molecule has 0 radical (unpaired) electrons. The molecule has 0 unspecified atom stereocenters. The maximum Gasteiger partial charge on any atom is 0.239 e. The van der Waals surface area contributed by atoms with Gasteiger partial charge in [0.25, 0.3) is 0 Å². The van der Waals surface area contributed by atoms with Gasteiger partial charge in [-0.25, -0.2) is 18.5 Å². The van der Waals surface area contributed by atoms with Crippen LogP contribution in [0.25, 0.3) is 0 Å². The molecule has 1 heterocycles. The number of benzene rings is 1. The number of rotatable bonds is 3. The minimum Gasteiger partial charge on any atom is -0.439 e. The Morgan fingerprint density at radius 1 is 1.30 bits per heavy atom. The van der Waals surface area contributed by atoms with Crippen LogP contribution in [0.15, 0.2) is 41.4 Å². The smallest absolute Gasteiger partial charge is 0.239 e. The van der Waals surface area contributed by atoms with Crippen LogP contribution in [0.3, 0.4) is 0 Å². The third kappa shape index (κ3) is 3.12. The van der Waals surface area contributed by atoms with Gasteiger partial charge in [-0.2, -0.15) is 5.26 Å². The summed E-state index contributed by atoms with van der Waals surface area (Å²) in [6.07, 6.45) is 1.12. The third-order valence-corrected chi connectivity index (χ3v) is 3.47. The summed E-state index contributed by atoms with van der Waals surface area (Å²) in [6, 6.07) is 9.75. The Labute approximate surface area is 116 Å². The summed E-state index contributed by atoms with van der Waals surface area (Å²) in [5, 5.41) is 13.8. The molecule has 0 aliphatic rings. The molecule has 0 saturated heterocycles. The highest BCUT2D eigenvalue weighted by atomic mass is 32.2. The van der Waals surface area contributed by atoms with E-state index in [0.29, 0.717) is 11.3 Å². The highest BCUT2D eigenvalue weighted by Gasteiger charge is 2.09. The lowest BCUT2D eigenvalue weighted by atomic mass is 10.1. The normalized spacial score (nSPS) is 10.8. The van der Waals surface area contributed by atoms with Crippen molar-refractivity contribution in [2.24, 2.45) is 5.14 Å². The van der Waals surface area contributed by atoms with Gasteiger partial charge in [0, 0.05) is 6.07 Å². The van der Waals surface area contributed by atoms with Crippen molar-refractivity contribution in [2.75, 3.05) is 0 Å². The van der Waals surface area contributed by atoms with E-state index in [1.54, 1.807) is 18.2 Å². The number of sulfonamides is 1. The SMILES string of the molecule is Cc1ccc(C#N)cc1Oc1ccc(S(N)(=O)=O)cn1. The summed E-state index contributed by atoms with van der Waals surface area (Å²) in [7, 11) is -3.77. The monoisotopic (exact) mass is 289 g/mol. The summed E-state index contributed by atoms with van der Waals surface area (Å²) in [5.41, 5.74) is 1.30. The van der Waals surface area contributed by atoms with E-state index in [4.69, 9.17) is 15.1 Å². The molecule has 102 valence electrons. The lowest BCUT2D eigenvalue weighted by molar-refractivity contribution is 0.458. The van der Waals surface area contributed by atoms with Crippen molar-refractivity contribution in [1.29, 1.82) is 5.26 Å². The lowest BCUT2D eigenvalue weighted by Gasteiger charge is -2.08. The van der Waals surface area contributed by atoms with E-state index in [1.807, 2.05) is 13.0 Å². The predicted octanol–water partition coefficient (Wildman–Crippen LogP) is 1.70. The number of hydrogen-bond acceptors (Lipinski definition) is 5. The second-order valence-electron chi connectivity index (χ2n) is 4.07. The Morgan fingerprint density at radius 3 is 2.60 bits per heavy atom. The molecule has 7 heteroatoms. The van der Waals surface area contributed by atoms with Crippen molar-refractivity contribution in [1.82, 2.24) is 4.98 Å². The van der Waals surface area contributed by atoms with Crippen LogP contribution >= 0.6 is 0 Å². The number of nitrogens with zero attached hydrogens (tertiary/aromatic N) is 2. The fourth-order valence-corrected chi connectivity index (χ4v) is 1.95. The van der Waals surface area contributed by atoms with Crippen LogP contribution in [0.5, 0.6) is 11.6 Å². The number of aryl methyl sites for hydroxylation is 1. The number of nitrogens with two attached hydrogens (primary N) is 1. The molecule has 20 heavy (non-hydrogen) atoms. The standard InChI is InChI=1S/C13H11N3O3S/c1-9-2-3-10(7-14)6-12(9)19-13-5-4-11(8-16-13)20(15,17)18/h2-6,8H,1H3,(H2,15,17,18). The first-order valence-electron chi connectivity index (χ1n) is 5.57. The summed E-state index contributed by atoms with van der Waals surface area (Å²) in [5.74, 6) is 0.704. The lowest BCUT2D eigenvalue weighted by Crippen LogP contribution is -2.12. The predicted molar refractivity (Wildman–Crippen MR) is 71.6 cm³/mol. The van der Waals surface area contributed by atoms with Gasteiger partial charge in [0.2, 0.25) is 15.9 Å². The van der Waals surface area contributed by atoms with Crippen LogP contribution in [0.4, 0.5) is 0 Å². The molecule has 2 rings (SSSR count). The number of hydrogen-bond donors (Lipinski definition) is 1. The van der Waals surface area contributed by atoms with Gasteiger partial charge in [0.1, 0.15) is 10.6 Å². The molecule has 0 fully saturated rings. The molecule has 6 nitrogen and oxygen atoms in total. The number of nitriles is 1. The zero-order valence-corrected chi connectivity index (χ0v) is 11.4. The molecule has 0 atom stereocenters. The molecular formula is C13H11N3O3S. The molecule has 2 aromatic rings. The zero-order valence-electron chi connectivity index (χ0n) is 10.6. The Kier molecular flexibility index (Phi) is 3.70. The van der Waals surface area contributed by atoms with Crippen LogP contribution in [-0.2, 0) is 10.0 Å². The molecule has 0 aliphatic heterocycles. The van der Waals surface area contributed by atoms with Gasteiger partial charge in [0.15, 0.2) is 0 Å². The second-order valence-corrected chi connectivity index (χ2v) is 5.63. The van der Waals surface area contributed by atoms with Crippen LogP contribution in [-0.4, -0.2) is 13.4 Å². The van der Waals surface area contributed by atoms with E-state index < -0.39 is 10.0 Å². The van der Waals surface area contributed by atoms with Gasteiger partial charge < -0.3 is 4.74 Å². The van der Waals surface area contributed by atoms with Gasteiger partial charge in [-0.05, 0) is 30.7 Å². The first kappa shape index (κ1) is 14.0. The zero-order chi connectivity index (χ0) is 14.8. The van der Waals surface area contributed by atoms with E-state index in [-0.39, 0.29) is 10.8 Å². The molecule has 0 aliphatic carbocycles. The quantitative estimate of drug-likeness (QED) is 0.925. The minimum atomic E-state index is -3.77.